The van der Waals surface area contributed by atoms with Gasteiger partial charge >= 0.3 is 5.13 Å². The zero-order valence-electron chi connectivity index (χ0n) is 10.2. The Morgan fingerprint density at radius 1 is 1.47 bits per heavy atom. The van der Waals surface area contributed by atoms with Gasteiger partial charge in [-0.3, -0.25) is 10.5 Å². The number of hydrogen-bond donors (Lipinski definition) is 3. The third-order valence-electron chi connectivity index (χ3n) is 2.34. The Kier molecular flexibility index (Phi) is 3.76. The molecule has 1 amide bonds. The molecule has 5 N–H and O–H groups in total. The Morgan fingerprint density at radius 3 is 2.74 bits per heavy atom. The molecule has 19 heavy (non-hydrogen) atoms. The molecule has 0 aliphatic rings. The molecular weight excluding hydrogens is 264 g/mol. The third-order valence-corrected chi connectivity index (χ3v) is 3.36. The summed E-state index contributed by atoms with van der Waals surface area (Å²) in [5, 5.41) is 13.4. The Labute approximate surface area is 113 Å². The highest BCUT2D eigenvalue weighted by Crippen LogP contribution is 2.15. The first-order valence-corrected chi connectivity index (χ1v) is 6.28. The number of aryl methyl sites for hydroxylation is 1. The van der Waals surface area contributed by atoms with Gasteiger partial charge in [0.15, 0.2) is 0 Å². The lowest BCUT2D eigenvalue weighted by Gasteiger charge is -1.96. The van der Waals surface area contributed by atoms with Crippen molar-refractivity contribution in [1.29, 1.82) is 0 Å². The number of nitrogen functional groups attached to an aromatic ring is 1. The summed E-state index contributed by atoms with van der Waals surface area (Å²) in [4.78, 5) is 15.2. The number of hydrogen-bond acceptors (Lipinski definition) is 5. The highest BCUT2D eigenvalue weighted by atomic mass is 32.1. The van der Waals surface area contributed by atoms with Crippen molar-refractivity contribution in [2.45, 2.75) is 6.92 Å². The normalized spacial score (nSPS) is 10.8. The van der Waals surface area contributed by atoms with E-state index in [1.165, 1.54) is 17.6 Å². The van der Waals surface area contributed by atoms with Crippen molar-refractivity contribution >= 4 is 28.6 Å². The number of aromatic hydroxyl groups is 1. The summed E-state index contributed by atoms with van der Waals surface area (Å²) >= 11 is 1.17. The lowest BCUT2D eigenvalue weighted by molar-refractivity contribution is -0.363. The van der Waals surface area contributed by atoms with Crippen LogP contribution in [0, 0.1) is 6.92 Å². The second-order valence-electron chi connectivity index (χ2n) is 3.84. The zero-order chi connectivity index (χ0) is 13.8. The van der Waals surface area contributed by atoms with Gasteiger partial charge in [-0.25, -0.2) is 10.4 Å². The third kappa shape index (κ3) is 3.29. The van der Waals surface area contributed by atoms with E-state index in [1.54, 1.807) is 31.2 Å². The van der Waals surface area contributed by atoms with Crippen LogP contribution in [0.4, 0.5) is 5.13 Å². The van der Waals surface area contributed by atoms with Crippen LogP contribution in [-0.2, 0) is 0 Å². The first-order chi connectivity index (χ1) is 9.06. The van der Waals surface area contributed by atoms with E-state index in [-0.39, 0.29) is 11.7 Å². The molecule has 0 saturated carbocycles. The van der Waals surface area contributed by atoms with Crippen LogP contribution in [0.1, 0.15) is 20.9 Å². The Hall–Kier alpha value is -2.41. The lowest BCUT2D eigenvalue weighted by Crippen LogP contribution is -2.19. The minimum atomic E-state index is -0.314. The second-order valence-corrected chi connectivity index (χ2v) is 4.89. The Bertz CT molecular complexity index is 619. The van der Waals surface area contributed by atoms with Crippen LogP contribution < -0.4 is 16.1 Å². The summed E-state index contributed by atoms with van der Waals surface area (Å²) in [6, 6.07) is 6.46. The zero-order valence-corrected chi connectivity index (χ0v) is 11.0. The number of nitrogens with two attached hydrogens (primary N) is 1. The molecule has 2 rings (SSSR count). The fourth-order valence-electron chi connectivity index (χ4n) is 1.45. The number of anilines is 1. The molecule has 0 aliphatic carbocycles. The lowest BCUT2D eigenvalue weighted by atomic mass is 10.2. The van der Waals surface area contributed by atoms with Crippen LogP contribution in [0.3, 0.4) is 0 Å². The molecule has 6 nitrogen and oxygen atoms in total. The number of aromatic amines is 1. The fraction of sp³-hybridized carbons (Fsp3) is 0.0833. The molecule has 1 aromatic carbocycles. The van der Waals surface area contributed by atoms with Crippen molar-refractivity contribution in [3.8, 4) is 5.75 Å². The smallest absolute Gasteiger partial charge is 0.330 e. The van der Waals surface area contributed by atoms with E-state index >= 15 is 0 Å². The number of carbonyl (C=O) groups is 1. The SMILES string of the molecule is Cc1[nH+]c(N)sc1C(=O)N/N=C/c1ccc(O)cc1. The molecule has 1 aromatic heterocycles. The van der Waals surface area contributed by atoms with Crippen LogP contribution >= 0.6 is 11.3 Å². The number of phenols is 1. The average Bonchev–Trinajstić information content (AvgIpc) is 2.71. The average molecular weight is 277 g/mol. The number of nitrogens with one attached hydrogen (secondary N) is 2. The van der Waals surface area contributed by atoms with Crippen molar-refractivity contribution in [2.24, 2.45) is 5.10 Å². The molecular formula is C12H13N4O2S+. The number of aromatic nitrogens is 1. The van der Waals surface area contributed by atoms with Gasteiger partial charge in [-0.05, 0) is 48.1 Å². The van der Waals surface area contributed by atoms with Crippen LogP contribution in [0.15, 0.2) is 29.4 Å². The van der Waals surface area contributed by atoms with Gasteiger partial charge < -0.3 is 5.11 Å². The predicted octanol–water partition coefficient (Wildman–Crippen LogP) is 0.922. The number of benzene rings is 1. The summed E-state index contributed by atoms with van der Waals surface area (Å²) in [5.74, 6) is -0.133. The highest BCUT2D eigenvalue weighted by molar-refractivity contribution is 7.16. The number of carbonyl (C=O) groups excluding carboxylic acids is 1. The number of amides is 1. The number of phenolic OH excluding ortho intramolecular Hbond substituents is 1. The quantitative estimate of drug-likeness (QED) is 0.574. The van der Waals surface area contributed by atoms with Gasteiger partial charge in [0.2, 0.25) is 0 Å². The molecule has 98 valence electrons. The summed E-state index contributed by atoms with van der Waals surface area (Å²) in [6.45, 7) is 1.77. The summed E-state index contributed by atoms with van der Waals surface area (Å²) in [7, 11) is 0. The first kappa shape index (κ1) is 13.0. The van der Waals surface area contributed by atoms with E-state index < -0.39 is 0 Å². The standard InChI is InChI=1S/C12H12N4O2S/c1-7-10(19-12(13)15-7)11(18)16-14-6-8-2-4-9(17)5-3-8/h2-6,17H,1H3,(H2,13,15)(H,16,18)/p+1/b14-6+. The molecule has 0 unspecified atom stereocenters. The molecule has 0 radical (unpaired) electrons. The largest absolute Gasteiger partial charge is 0.508 e. The van der Waals surface area contributed by atoms with Gasteiger partial charge in [-0.2, -0.15) is 5.10 Å². The summed E-state index contributed by atoms with van der Waals surface area (Å²) in [6.07, 6.45) is 1.49. The maximum Gasteiger partial charge on any atom is 0.330 e. The topological polar surface area (TPSA) is 102 Å². The molecule has 1 heterocycles. The maximum atomic E-state index is 11.8. The molecule has 0 fully saturated rings. The van der Waals surface area contributed by atoms with Crippen LogP contribution in [0.2, 0.25) is 0 Å². The molecule has 0 atom stereocenters. The second kappa shape index (κ2) is 5.49. The van der Waals surface area contributed by atoms with Crippen molar-refractivity contribution in [3.63, 3.8) is 0 Å². The van der Waals surface area contributed by atoms with Crippen molar-refractivity contribution in [3.05, 3.63) is 40.4 Å². The molecule has 7 heteroatoms. The maximum absolute atomic E-state index is 11.8. The van der Waals surface area contributed by atoms with Crippen molar-refractivity contribution < 1.29 is 14.9 Å². The molecule has 0 saturated heterocycles. The van der Waals surface area contributed by atoms with Crippen LogP contribution in [-0.4, -0.2) is 17.2 Å². The molecule has 0 bridgehead atoms. The highest BCUT2D eigenvalue weighted by Gasteiger charge is 2.16. The van der Waals surface area contributed by atoms with E-state index in [1.807, 2.05) is 0 Å². The van der Waals surface area contributed by atoms with Gasteiger partial charge in [-0.1, -0.05) is 0 Å². The number of hydrazone groups is 1. The molecule has 0 spiro atoms. The number of rotatable bonds is 3. The summed E-state index contributed by atoms with van der Waals surface area (Å²) < 4.78 is 0. The number of thiazole rings is 1. The van der Waals surface area contributed by atoms with E-state index in [0.717, 1.165) is 5.56 Å². The van der Waals surface area contributed by atoms with Crippen LogP contribution in [0.25, 0.3) is 0 Å². The minimum absolute atomic E-state index is 0.182. The van der Waals surface area contributed by atoms with Gasteiger partial charge in [0.25, 0.3) is 5.91 Å². The van der Waals surface area contributed by atoms with Crippen molar-refractivity contribution in [2.75, 3.05) is 5.73 Å². The fourth-order valence-corrected chi connectivity index (χ4v) is 2.21. The number of nitrogens with zero attached hydrogens (tertiary/aromatic N) is 1. The van der Waals surface area contributed by atoms with E-state index in [0.29, 0.717) is 15.7 Å². The predicted molar refractivity (Wildman–Crippen MR) is 73.2 cm³/mol. The Morgan fingerprint density at radius 2 is 2.16 bits per heavy atom. The number of H-pyrrole nitrogens is 1. The Balaban J connectivity index is 2.00. The minimum Gasteiger partial charge on any atom is -0.508 e. The van der Waals surface area contributed by atoms with E-state index in [9.17, 15) is 4.79 Å². The molecule has 2 aromatic rings. The van der Waals surface area contributed by atoms with Gasteiger partial charge in [0, 0.05) is 0 Å². The van der Waals surface area contributed by atoms with Gasteiger partial charge in [0.1, 0.15) is 16.3 Å². The van der Waals surface area contributed by atoms with E-state index in [4.69, 9.17) is 10.8 Å². The molecule has 0 aliphatic heterocycles. The van der Waals surface area contributed by atoms with E-state index in [2.05, 4.69) is 15.5 Å². The first-order valence-electron chi connectivity index (χ1n) is 5.47. The monoisotopic (exact) mass is 277 g/mol. The van der Waals surface area contributed by atoms with Gasteiger partial charge in [0.05, 0.1) is 6.21 Å². The van der Waals surface area contributed by atoms with Crippen molar-refractivity contribution in [1.82, 2.24) is 5.43 Å². The van der Waals surface area contributed by atoms with Crippen LogP contribution in [0.5, 0.6) is 5.75 Å². The summed E-state index contributed by atoms with van der Waals surface area (Å²) in [5.41, 5.74) is 9.47. The van der Waals surface area contributed by atoms with Gasteiger partial charge in [-0.15, -0.1) is 0 Å².